The fraction of sp³-hybridized carbons (Fsp3) is 0.439. The third-order valence-electron chi connectivity index (χ3n) is 14.8. The van der Waals surface area contributed by atoms with Crippen molar-refractivity contribution in [3.63, 3.8) is 0 Å². The number of aromatic hydroxyl groups is 6. The minimum Gasteiger partial charge on any atom is -0.508 e. The second kappa shape index (κ2) is 27.4. The van der Waals surface area contributed by atoms with E-state index in [0.29, 0.717) is 11.1 Å². The molecular formula is C57H64O31. The molecule has 0 bridgehead atoms. The number of carbonyl (C=O) groups is 2. The van der Waals surface area contributed by atoms with Gasteiger partial charge in [-0.25, -0.2) is 9.59 Å². The van der Waals surface area contributed by atoms with Crippen LogP contribution < -0.4 is 14.2 Å². The normalized spacial score (nSPS) is 34.1. The molecule has 0 saturated carbocycles. The number of esters is 2. The summed E-state index contributed by atoms with van der Waals surface area (Å²) in [6, 6.07) is 13.6. The number of aliphatic hydroxyl groups is 12. The van der Waals surface area contributed by atoms with Crippen LogP contribution in [0.5, 0.6) is 51.7 Å². The zero-order chi connectivity index (χ0) is 63.6. The molecule has 0 radical (unpaired) electrons. The Morgan fingerprint density at radius 2 is 1.07 bits per heavy atom. The molecule has 18 N–H and O–H groups in total. The second-order valence-corrected chi connectivity index (χ2v) is 20.9. The fourth-order valence-corrected chi connectivity index (χ4v) is 9.81. The van der Waals surface area contributed by atoms with Gasteiger partial charge in [0.2, 0.25) is 18.9 Å². The van der Waals surface area contributed by atoms with E-state index in [9.17, 15) is 102 Å². The van der Waals surface area contributed by atoms with Gasteiger partial charge in [-0.15, -0.1) is 0 Å². The van der Waals surface area contributed by atoms with Gasteiger partial charge in [-0.2, -0.15) is 0 Å². The van der Waals surface area contributed by atoms with Crippen molar-refractivity contribution in [2.45, 2.75) is 136 Å². The Bertz CT molecular complexity index is 3170. The maximum absolute atomic E-state index is 13.1. The van der Waals surface area contributed by atoms with E-state index in [0.717, 1.165) is 36.4 Å². The van der Waals surface area contributed by atoms with Crippen molar-refractivity contribution in [2.24, 2.45) is 0 Å². The van der Waals surface area contributed by atoms with Crippen LogP contribution >= 0.6 is 0 Å². The topological polar surface area (TPSA) is 500 Å². The number of carbonyl (C=O) groups excluding carboxylic acids is 2. The molecule has 0 aromatic heterocycles. The van der Waals surface area contributed by atoms with Crippen LogP contribution in [-0.2, 0) is 47.5 Å². The number of benzene rings is 4. The first-order valence-corrected chi connectivity index (χ1v) is 27.0. The monoisotopic (exact) mass is 1240 g/mol. The van der Waals surface area contributed by atoms with E-state index in [2.05, 4.69) is 0 Å². The summed E-state index contributed by atoms with van der Waals surface area (Å²) in [5.41, 5.74) is 0.508. The molecule has 4 fully saturated rings. The largest absolute Gasteiger partial charge is 0.508 e. The highest BCUT2D eigenvalue weighted by atomic mass is 16.7. The lowest BCUT2D eigenvalue weighted by Crippen LogP contribution is -2.61. The first kappa shape index (κ1) is 64.8. The Balaban J connectivity index is 0.803. The average molecular weight is 1250 g/mol. The van der Waals surface area contributed by atoms with E-state index in [1.165, 1.54) is 67.6 Å². The lowest BCUT2D eigenvalue weighted by Gasteiger charge is -2.43. The van der Waals surface area contributed by atoms with E-state index < -0.39 is 189 Å². The molecule has 4 aromatic carbocycles. The summed E-state index contributed by atoms with van der Waals surface area (Å²) in [7, 11) is 0. The molecule has 31 heteroatoms. The molecule has 1 unspecified atom stereocenters. The van der Waals surface area contributed by atoms with Gasteiger partial charge < -0.3 is 144 Å². The maximum atomic E-state index is 13.1. The van der Waals surface area contributed by atoms with Crippen LogP contribution in [0.3, 0.4) is 0 Å². The predicted molar refractivity (Wildman–Crippen MR) is 288 cm³/mol. The van der Waals surface area contributed by atoms with Gasteiger partial charge >= 0.3 is 11.9 Å². The maximum Gasteiger partial charge on any atom is 0.331 e. The lowest BCUT2D eigenvalue weighted by atomic mass is 9.98. The minimum atomic E-state index is -2.07. The van der Waals surface area contributed by atoms with E-state index in [-0.39, 0.29) is 39.9 Å². The number of phenols is 6. The molecule has 31 nitrogen and oxygen atoms in total. The molecule has 5 heterocycles. The SMILES string of the molecule is C[C@@H]1O[C@@H](OC[C@H]2O[C@@H](OC3=Cc4c(cc(O)cc4O[C@@H]4O[C@@H](CO)[C@@H](O)[C@H](O)[C@H]4O)OC3c3cc(O)c(O)c(O)c3)[C@H](O)[C@@H](O)[C@@H]2O)[C@@H](O)[C@@H](O)[C@H]1OC(=O)/C=C/c1ccc(O[C@@H]2O[C@H](COC(=O)/C=C/c3ccc(O)c(O)c3)[C@@H](O)[C@H](O)[C@H]2O)cc1. The first-order chi connectivity index (χ1) is 41.8. The molecule has 5 aliphatic heterocycles. The zero-order valence-corrected chi connectivity index (χ0v) is 45.8. The second-order valence-electron chi connectivity index (χ2n) is 20.9. The smallest absolute Gasteiger partial charge is 0.331 e. The molecule has 5 aliphatic rings. The van der Waals surface area contributed by atoms with Gasteiger partial charge in [-0.3, -0.25) is 0 Å². The number of fused-ring (bicyclic) bond motifs is 1. The summed E-state index contributed by atoms with van der Waals surface area (Å²) in [6.07, 6.45) is -30.6. The Kier molecular flexibility index (Phi) is 20.2. The minimum absolute atomic E-state index is 0.0883. The summed E-state index contributed by atoms with van der Waals surface area (Å²) in [5, 5.41) is 189. The number of phenolic OH excluding ortho intramolecular Hbond substituents is 6. The summed E-state index contributed by atoms with van der Waals surface area (Å²) in [6.45, 7) is -0.772. The molecule has 88 heavy (non-hydrogen) atoms. The number of hydrogen-bond donors (Lipinski definition) is 18. The number of ether oxygens (including phenoxy) is 11. The average Bonchev–Trinajstić information content (AvgIpc) is 1.34. The van der Waals surface area contributed by atoms with Crippen LogP contribution in [0.1, 0.15) is 35.3 Å². The van der Waals surface area contributed by atoms with Crippen LogP contribution in [0.15, 0.2) is 84.6 Å². The first-order valence-electron chi connectivity index (χ1n) is 27.0. The van der Waals surface area contributed by atoms with Crippen molar-refractivity contribution in [2.75, 3.05) is 19.8 Å². The quantitative estimate of drug-likeness (QED) is 0.0267. The van der Waals surface area contributed by atoms with Gasteiger partial charge in [-0.05, 0) is 72.7 Å². The lowest BCUT2D eigenvalue weighted by molar-refractivity contribution is -0.325. The Morgan fingerprint density at radius 1 is 0.523 bits per heavy atom. The molecule has 0 spiro atoms. The third-order valence-corrected chi connectivity index (χ3v) is 14.8. The van der Waals surface area contributed by atoms with Gasteiger partial charge in [0.25, 0.3) is 0 Å². The van der Waals surface area contributed by atoms with Crippen molar-refractivity contribution in [1.82, 2.24) is 0 Å². The molecule has 4 aromatic rings. The van der Waals surface area contributed by atoms with Crippen molar-refractivity contribution in [3.05, 3.63) is 107 Å². The standard InChI is InChI=1S/C57H64O31/c1-21-52(88-39(65)11-5-22-2-7-26(8-3-22)81-55-48(74)45(71)42(68)36(86-55)19-78-38(64)10-6-23-4-9-28(60)29(61)12-23)47(73)51(77)54(80-21)79-20-37-43(69)46(72)50(76)57(87-37)84-34-17-27-32(82-53(34)24-13-30(62)40(66)31(63)14-24)15-25(59)16-33(27)83-56-49(75)44(70)41(67)35(18-58)85-56/h2-17,21,35-37,41-63,66-77H,18-20H2,1H3/b10-6+,11-5+/t21-,35-,36+,37+,41+,42+,43+,44-,45-,46-,47+,48+,49+,50+,51-,52-,53?,54+,55+,56+,57+/m0/s1. The molecule has 478 valence electrons. The highest BCUT2D eigenvalue weighted by molar-refractivity contribution is 5.88. The van der Waals surface area contributed by atoms with E-state index >= 15 is 0 Å². The molecular weight excluding hydrogens is 1180 g/mol. The van der Waals surface area contributed by atoms with Crippen molar-refractivity contribution < 1.29 is 154 Å². The molecule has 0 amide bonds. The highest BCUT2D eigenvalue weighted by Crippen LogP contribution is 2.48. The molecule has 21 atom stereocenters. The number of hydrogen-bond acceptors (Lipinski definition) is 31. The highest BCUT2D eigenvalue weighted by Gasteiger charge is 2.51. The van der Waals surface area contributed by atoms with Crippen LogP contribution in [0.25, 0.3) is 18.2 Å². The van der Waals surface area contributed by atoms with Crippen LogP contribution in [0.2, 0.25) is 0 Å². The number of rotatable bonds is 18. The molecule has 4 saturated heterocycles. The van der Waals surface area contributed by atoms with Crippen LogP contribution in [-0.4, -0.2) is 247 Å². The fourth-order valence-electron chi connectivity index (χ4n) is 9.81. The van der Waals surface area contributed by atoms with Crippen molar-refractivity contribution in [3.8, 4) is 51.7 Å². The van der Waals surface area contributed by atoms with Crippen molar-refractivity contribution >= 4 is 30.2 Å². The summed E-state index contributed by atoms with van der Waals surface area (Å²) >= 11 is 0. The van der Waals surface area contributed by atoms with E-state index in [1.54, 1.807) is 0 Å². The van der Waals surface area contributed by atoms with Gasteiger partial charge in [0, 0.05) is 29.8 Å². The van der Waals surface area contributed by atoms with Crippen LogP contribution in [0.4, 0.5) is 0 Å². The third kappa shape index (κ3) is 14.3. The Hall–Kier alpha value is -7.64. The van der Waals surface area contributed by atoms with Gasteiger partial charge in [0.15, 0.2) is 47.2 Å². The van der Waals surface area contributed by atoms with Crippen molar-refractivity contribution in [1.29, 1.82) is 0 Å². The number of aliphatic hydroxyl groups excluding tert-OH is 12. The van der Waals surface area contributed by atoms with Gasteiger partial charge in [-0.1, -0.05) is 18.2 Å². The van der Waals surface area contributed by atoms with Crippen LogP contribution in [0, 0.1) is 0 Å². The van der Waals surface area contributed by atoms with Gasteiger partial charge in [0.1, 0.15) is 121 Å². The van der Waals surface area contributed by atoms with E-state index in [4.69, 9.17) is 52.1 Å². The zero-order valence-electron chi connectivity index (χ0n) is 45.8. The molecule has 0 aliphatic carbocycles. The Morgan fingerprint density at radius 3 is 1.69 bits per heavy atom. The Labute approximate surface area is 496 Å². The molecule has 9 rings (SSSR count). The summed E-state index contributed by atoms with van der Waals surface area (Å²) < 4.78 is 62.8. The summed E-state index contributed by atoms with van der Waals surface area (Å²) in [5.74, 6) is -6.60. The predicted octanol–water partition coefficient (Wildman–Crippen LogP) is -3.05. The van der Waals surface area contributed by atoms with Gasteiger partial charge in [0.05, 0.1) is 24.9 Å². The summed E-state index contributed by atoms with van der Waals surface area (Å²) in [4.78, 5) is 25.4. The van der Waals surface area contributed by atoms with E-state index in [1.807, 2.05) is 0 Å².